The fraction of sp³-hybridized carbons (Fsp3) is 0.429. The normalized spacial score (nSPS) is 26.2. The zero-order valence-corrected chi connectivity index (χ0v) is 11.3. The number of anilines is 1. The van der Waals surface area contributed by atoms with Crippen molar-refractivity contribution in [2.24, 2.45) is 10.9 Å². The number of aliphatic imine (C=N–C) groups is 1. The molecule has 0 radical (unpaired) electrons. The van der Waals surface area contributed by atoms with Crippen LogP contribution in [0.25, 0.3) is 0 Å². The summed E-state index contributed by atoms with van der Waals surface area (Å²) in [6.07, 6.45) is 3.52. The SMILES string of the molecule is Cc1ccnc(N)c1N=CC[C@@H]1C=C(CO)[C@@H](O)[C@H]1O. The van der Waals surface area contributed by atoms with Gasteiger partial charge in [0.25, 0.3) is 0 Å². The summed E-state index contributed by atoms with van der Waals surface area (Å²) in [5, 5.41) is 28.6. The van der Waals surface area contributed by atoms with Crippen molar-refractivity contribution in [1.29, 1.82) is 0 Å². The third kappa shape index (κ3) is 2.87. The third-order valence-electron chi connectivity index (χ3n) is 3.51. The minimum absolute atomic E-state index is 0.249. The number of pyridine rings is 1. The van der Waals surface area contributed by atoms with Crippen LogP contribution in [0.1, 0.15) is 12.0 Å². The van der Waals surface area contributed by atoms with Crippen molar-refractivity contribution >= 4 is 17.7 Å². The average molecular weight is 277 g/mol. The second-order valence-electron chi connectivity index (χ2n) is 4.91. The summed E-state index contributed by atoms with van der Waals surface area (Å²) in [6, 6.07) is 1.82. The Labute approximate surface area is 117 Å². The van der Waals surface area contributed by atoms with E-state index in [-0.39, 0.29) is 12.5 Å². The first-order chi connectivity index (χ1) is 9.54. The Balaban J connectivity index is 2.06. The smallest absolute Gasteiger partial charge is 0.149 e. The molecular formula is C14H19N3O3. The van der Waals surface area contributed by atoms with Gasteiger partial charge in [0.15, 0.2) is 0 Å². The number of aliphatic hydroxyl groups is 3. The molecule has 6 heteroatoms. The summed E-state index contributed by atoms with van der Waals surface area (Å²) in [5.41, 5.74) is 7.74. The molecular weight excluding hydrogens is 258 g/mol. The van der Waals surface area contributed by atoms with Crippen molar-refractivity contribution in [3.8, 4) is 0 Å². The van der Waals surface area contributed by atoms with Crippen molar-refractivity contribution in [2.75, 3.05) is 12.3 Å². The topological polar surface area (TPSA) is 112 Å². The standard InChI is InChI=1S/C14H19N3O3/c1-8-2-4-17-14(15)11(8)16-5-3-9-6-10(7-18)13(20)12(9)19/h2,4-6,9,12-13,18-20H,3,7H2,1H3,(H2,15,17)/t9-,12+,13-/m1/s1. The summed E-state index contributed by atoms with van der Waals surface area (Å²) in [4.78, 5) is 8.25. The van der Waals surface area contributed by atoms with E-state index in [1.54, 1.807) is 18.5 Å². The van der Waals surface area contributed by atoms with E-state index in [4.69, 9.17) is 10.8 Å². The maximum absolute atomic E-state index is 9.85. The van der Waals surface area contributed by atoms with Crippen LogP contribution in [0, 0.1) is 12.8 Å². The van der Waals surface area contributed by atoms with Crippen molar-refractivity contribution in [3.63, 3.8) is 0 Å². The largest absolute Gasteiger partial charge is 0.392 e. The molecule has 0 saturated heterocycles. The van der Waals surface area contributed by atoms with Crippen LogP contribution in [0.3, 0.4) is 0 Å². The molecule has 1 aliphatic carbocycles. The van der Waals surface area contributed by atoms with Gasteiger partial charge in [-0.15, -0.1) is 0 Å². The molecule has 0 spiro atoms. The van der Waals surface area contributed by atoms with Crippen LogP contribution >= 0.6 is 0 Å². The lowest BCUT2D eigenvalue weighted by molar-refractivity contribution is 0.0270. The number of nitrogen functional groups attached to an aromatic ring is 1. The highest BCUT2D eigenvalue weighted by Gasteiger charge is 2.33. The van der Waals surface area contributed by atoms with Crippen LogP contribution in [0.15, 0.2) is 28.9 Å². The Morgan fingerprint density at radius 2 is 2.20 bits per heavy atom. The van der Waals surface area contributed by atoms with Gasteiger partial charge in [-0.25, -0.2) is 4.98 Å². The average Bonchev–Trinajstić information content (AvgIpc) is 2.70. The van der Waals surface area contributed by atoms with Gasteiger partial charge >= 0.3 is 0 Å². The maximum Gasteiger partial charge on any atom is 0.149 e. The summed E-state index contributed by atoms with van der Waals surface area (Å²) in [6.45, 7) is 1.64. The van der Waals surface area contributed by atoms with Crippen LogP contribution < -0.4 is 5.73 Å². The molecule has 1 aromatic rings. The van der Waals surface area contributed by atoms with Crippen LogP contribution in [-0.4, -0.2) is 45.3 Å². The molecule has 0 fully saturated rings. The van der Waals surface area contributed by atoms with Crippen LogP contribution in [0.5, 0.6) is 0 Å². The summed E-state index contributed by atoms with van der Waals surface area (Å²) in [7, 11) is 0. The van der Waals surface area contributed by atoms with Crippen LogP contribution in [-0.2, 0) is 0 Å². The van der Waals surface area contributed by atoms with E-state index < -0.39 is 12.2 Å². The van der Waals surface area contributed by atoms with E-state index in [0.29, 0.717) is 23.5 Å². The van der Waals surface area contributed by atoms with E-state index in [2.05, 4.69) is 9.98 Å². The third-order valence-corrected chi connectivity index (χ3v) is 3.51. The molecule has 0 unspecified atom stereocenters. The summed E-state index contributed by atoms with van der Waals surface area (Å²) < 4.78 is 0. The maximum atomic E-state index is 9.85. The molecule has 0 aromatic carbocycles. The zero-order valence-electron chi connectivity index (χ0n) is 11.3. The molecule has 0 saturated carbocycles. The van der Waals surface area contributed by atoms with E-state index in [1.165, 1.54) is 0 Å². The molecule has 2 rings (SSSR count). The first-order valence-electron chi connectivity index (χ1n) is 6.45. The lowest BCUT2D eigenvalue weighted by Crippen LogP contribution is -2.28. The van der Waals surface area contributed by atoms with Gasteiger partial charge in [0.05, 0.1) is 12.7 Å². The van der Waals surface area contributed by atoms with Crippen LogP contribution in [0.2, 0.25) is 0 Å². The van der Waals surface area contributed by atoms with E-state index in [1.807, 2.05) is 13.0 Å². The fourth-order valence-corrected chi connectivity index (χ4v) is 2.28. The highest BCUT2D eigenvalue weighted by atomic mass is 16.3. The van der Waals surface area contributed by atoms with Gasteiger partial charge in [-0.1, -0.05) is 6.08 Å². The van der Waals surface area contributed by atoms with Gasteiger partial charge in [-0.05, 0) is 30.5 Å². The van der Waals surface area contributed by atoms with Gasteiger partial charge in [0.2, 0.25) is 0 Å². The molecule has 1 aliphatic rings. The molecule has 1 heterocycles. The highest BCUT2D eigenvalue weighted by Crippen LogP contribution is 2.28. The molecule has 0 amide bonds. The molecule has 3 atom stereocenters. The van der Waals surface area contributed by atoms with Gasteiger partial charge in [0.1, 0.15) is 17.6 Å². The molecule has 0 aliphatic heterocycles. The first-order valence-corrected chi connectivity index (χ1v) is 6.45. The number of aromatic nitrogens is 1. The highest BCUT2D eigenvalue weighted by molar-refractivity contribution is 5.71. The predicted molar refractivity (Wildman–Crippen MR) is 76.8 cm³/mol. The second-order valence-corrected chi connectivity index (χ2v) is 4.91. The van der Waals surface area contributed by atoms with Crippen LogP contribution in [0.4, 0.5) is 11.5 Å². The summed E-state index contributed by atoms with van der Waals surface area (Å²) in [5.74, 6) is 0.106. The van der Waals surface area contributed by atoms with E-state index >= 15 is 0 Å². The van der Waals surface area contributed by atoms with Gasteiger partial charge in [-0.2, -0.15) is 0 Å². The molecule has 0 bridgehead atoms. The Bertz CT molecular complexity index is 522. The predicted octanol–water partition coefficient (Wildman–Crippen LogP) is 0.335. The number of hydrogen-bond donors (Lipinski definition) is 4. The minimum Gasteiger partial charge on any atom is -0.392 e. The molecule has 5 N–H and O–H groups in total. The number of nitrogens with two attached hydrogens (primary N) is 1. The fourth-order valence-electron chi connectivity index (χ4n) is 2.28. The minimum atomic E-state index is -0.997. The number of aliphatic hydroxyl groups excluding tert-OH is 3. The quantitative estimate of drug-likeness (QED) is 0.468. The first kappa shape index (κ1) is 14.6. The lowest BCUT2D eigenvalue weighted by atomic mass is 10.0. The lowest BCUT2D eigenvalue weighted by Gasteiger charge is -2.15. The molecule has 108 valence electrons. The van der Waals surface area contributed by atoms with Gasteiger partial charge < -0.3 is 21.1 Å². The number of hydrogen-bond acceptors (Lipinski definition) is 6. The molecule has 6 nitrogen and oxygen atoms in total. The second kappa shape index (κ2) is 6.13. The van der Waals surface area contributed by atoms with Crippen molar-refractivity contribution in [3.05, 3.63) is 29.5 Å². The summed E-state index contributed by atoms with van der Waals surface area (Å²) >= 11 is 0. The number of nitrogens with zero attached hydrogens (tertiary/aromatic N) is 2. The van der Waals surface area contributed by atoms with Crippen molar-refractivity contribution in [1.82, 2.24) is 4.98 Å². The zero-order chi connectivity index (χ0) is 14.7. The Hall–Kier alpha value is -1.76. The number of rotatable bonds is 4. The number of aryl methyl sites for hydroxylation is 1. The van der Waals surface area contributed by atoms with E-state index in [0.717, 1.165) is 5.56 Å². The monoisotopic (exact) mass is 277 g/mol. The molecule has 1 aromatic heterocycles. The Morgan fingerprint density at radius 3 is 2.80 bits per heavy atom. The Kier molecular flexibility index (Phi) is 4.49. The van der Waals surface area contributed by atoms with Crippen molar-refractivity contribution in [2.45, 2.75) is 25.6 Å². The van der Waals surface area contributed by atoms with E-state index in [9.17, 15) is 10.2 Å². The van der Waals surface area contributed by atoms with Gasteiger partial charge in [0, 0.05) is 18.3 Å². The van der Waals surface area contributed by atoms with Crippen molar-refractivity contribution < 1.29 is 15.3 Å². The molecule has 20 heavy (non-hydrogen) atoms. The van der Waals surface area contributed by atoms with Gasteiger partial charge in [-0.3, -0.25) is 4.99 Å². The Morgan fingerprint density at radius 1 is 1.45 bits per heavy atom.